The van der Waals surface area contributed by atoms with Crippen LogP contribution in [0.2, 0.25) is 0 Å². The molecule has 3 N–H and O–H groups in total. The zero-order valence-electron chi connectivity index (χ0n) is 21.5. The molecule has 0 unspecified atom stereocenters. The minimum atomic E-state index is -1.56. The normalized spacial score (nSPS) is 18.2. The molecule has 1 saturated heterocycles. The van der Waals surface area contributed by atoms with Crippen molar-refractivity contribution in [3.63, 3.8) is 0 Å². The van der Waals surface area contributed by atoms with Gasteiger partial charge in [0, 0.05) is 24.2 Å². The summed E-state index contributed by atoms with van der Waals surface area (Å²) < 4.78 is 58.2. The van der Waals surface area contributed by atoms with Crippen LogP contribution in [0.4, 0.5) is 34.8 Å². The Labute approximate surface area is 227 Å². The van der Waals surface area contributed by atoms with E-state index in [0.29, 0.717) is 17.0 Å². The molecule has 1 atom stereocenters. The van der Waals surface area contributed by atoms with Gasteiger partial charge in [0.05, 0.1) is 17.9 Å². The molecule has 0 saturated carbocycles. The molecule has 3 aromatic rings. The van der Waals surface area contributed by atoms with Gasteiger partial charge in [-0.1, -0.05) is 48.5 Å². The number of anilines is 3. The third-order valence-electron chi connectivity index (χ3n) is 6.84. The molecule has 40 heavy (non-hydrogen) atoms. The number of rotatable bonds is 6. The van der Waals surface area contributed by atoms with Gasteiger partial charge in [-0.2, -0.15) is 13.8 Å². The van der Waals surface area contributed by atoms with Gasteiger partial charge in [-0.05, 0) is 25.8 Å². The summed E-state index contributed by atoms with van der Waals surface area (Å²) in [7, 11) is 0. The SMILES string of the molecule is CC1(F)CCN(c2c(F)c(F)nc(NCC(=O)N[C@H]3N=C(c4ccccc4)c4ccccc4NC3=O)c2F)CC1. The topological polar surface area (TPSA) is 98.7 Å². The number of fused-ring (bicyclic) bond motifs is 1. The maximum absolute atomic E-state index is 15.2. The Morgan fingerprint density at radius 2 is 1.73 bits per heavy atom. The highest BCUT2D eigenvalue weighted by molar-refractivity contribution is 6.19. The number of pyridine rings is 1. The highest BCUT2D eigenvalue weighted by Gasteiger charge is 2.34. The van der Waals surface area contributed by atoms with Gasteiger partial charge in [-0.3, -0.25) is 9.59 Å². The summed E-state index contributed by atoms with van der Waals surface area (Å²) >= 11 is 0. The van der Waals surface area contributed by atoms with Gasteiger partial charge >= 0.3 is 0 Å². The van der Waals surface area contributed by atoms with Crippen LogP contribution in [0.3, 0.4) is 0 Å². The molecule has 8 nitrogen and oxygen atoms in total. The number of halogens is 4. The van der Waals surface area contributed by atoms with Gasteiger partial charge in [0.2, 0.25) is 17.9 Å². The van der Waals surface area contributed by atoms with Gasteiger partial charge < -0.3 is 20.9 Å². The first-order valence-corrected chi connectivity index (χ1v) is 12.7. The third-order valence-corrected chi connectivity index (χ3v) is 6.84. The molecule has 0 aliphatic carbocycles. The van der Waals surface area contributed by atoms with Crippen molar-refractivity contribution in [2.45, 2.75) is 31.6 Å². The number of aromatic nitrogens is 1. The van der Waals surface area contributed by atoms with Crippen molar-refractivity contribution in [1.29, 1.82) is 0 Å². The Balaban J connectivity index is 1.34. The Kier molecular flexibility index (Phi) is 7.42. The highest BCUT2D eigenvalue weighted by atomic mass is 19.2. The van der Waals surface area contributed by atoms with Gasteiger partial charge in [-0.15, -0.1) is 0 Å². The maximum atomic E-state index is 15.2. The molecule has 2 amide bonds. The van der Waals surface area contributed by atoms with Gasteiger partial charge in [0.25, 0.3) is 11.9 Å². The Morgan fingerprint density at radius 3 is 2.45 bits per heavy atom. The molecule has 5 rings (SSSR count). The van der Waals surface area contributed by atoms with Crippen LogP contribution in [-0.4, -0.2) is 54.0 Å². The van der Waals surface area contributed by atoms with Gasteiger partial charge in [0.1, 0.15) is 11.4 Å². The van der Waals surface area contributed by atoms with E-state index in [9.17, 15) is 22.8 Å². The zero-order chi connectivity index (χ0) is 28.4. The fourth-order valence-corrected chi connectivity index (χ4v) is 4.64. The van der Waals surface area contributed by atoms with Crippen LogP contribution in [0.15, 0.2) is 59.6 Å². The summed E-state index contributed by atoms with van der Waals surface area (Å²) in [5.41, 5.74) is 0.193. The van der Waals surface area contributed by atoms with E-state index in [4.69, 9.17) is 0 Å². The first kappa shape index (κ1) is 27.1. The molecule has 1 aromatic heterocycles. The standard InChI is InChI=1S/C28H26F4N6O2/c1-28(32)11-13-38(14-12-28)23-20(29)24(31)37-25(21(23)30)33-15-19(39)35-26-27(40)34-18-10-6-5-9-17(18)22(36-26)16-7-3-2-4-8-16/h2-10,26H,11-15H2,1H3,(H,33,37)(H,34,40)(H,35,39)/t26-/m0/s1. The minimum Gasteiger partial charge on any atom is -0.366 e. The molecular weight excluding hydrogens is 528 g/mol. The number of amides is 2. The van der Waals surface area contributed by atoms with Crippen LogP contribution in [0.5, 0.6) is 0 Å². The lowest BCUT2D eigenvalue weighted by Crippen LogP contribution is -2.44. The number of para-hydroxylation sites is 1. The zero-order valence-corrected chi connectivity index (χ0v) is 21.5. The van der Waals surface area contributed by atoms with Crippen molar-refractivity contribution in [2.24, 2.45) is 4.99 Å². The van der Waals surface area contributed by atoms with Crippen molar-refractivity contribution in [3.05, 3.63) is 83.3 Å². The molecule has 3 heterocycles. The van der Waals surface area contributed by atoms with Gasteiger partial charge in [-0.25, -0.2) is 13.8 Å². The molecule has 0 radical (unpaired) electrons. The number of benzene rings is 2. The second-order valence-corrected chi connectivity index (χ2v) is 9.83. The van der Waals surface area contributed by atoms with Crippen molar-refractivity contribution in [1.82, 2.24) is 10.3 Å². The van der Waals surface area contributed by atoms with E-state index < -0.39 is 59.3 Å². The lowest BCUT2D eigenvalue weighted by atomic mass is 9.95. The van der Waals surface area contributed by atoms with E-state index in [1.54, 1.807) is 24.3 Å². The Hall–Kier alpha value is -4.48. The van der Waals surface area contributed by atoms with Crippen molar-refractivity contribution in [2.75, 3.05) is 35.2 Å². The first-order valence-electron chi connectivity index (χ1n) is 12.7. The molecule has 2 aliphatic rings. The quantitative estimate of drug-likeness (QED) is 0.314. The molecular formula is C28H26F4N6O2. The Bertz CT molecular complexity index is 1470. The lowest BCUT2D eigenvalue weighted by molar-refractivity contribution is -0.125. The summed E-state index contributed by atoms with van der Waals surface area (Å²) in [6.45, 7) is 0.732. The molecule has 1 fully saturated rings. The molecule has 2 aromatic carbocycles. The predicted octanol–water partition coefficient (Wildman–Crippen LogP) is 4.17. The fourth-order valence-electron chi connectivity index (χ4n) is 4.64. The summed E-state index contributed by atoms with van der Waals surface area (Å²) in [6.07, 6.45) is -1.31. The monoisotopic (exact) mass is 554 g/mol. The average Bonchev–Trinajstić information content (AvgIpc) is 3.07. The lowest BCUT2D eigenvalue weighted by Gasteiger charge is -2.36. The molecule has 0 bridgehead atoms. The predicted molar refractivity (Wildman–Crippen MR) is 143 cm³/mol. The third kappa shape index (κ3) is 5.61. The van der Waals surface area contributed by atoms with Crippen LogP contribution in [0, 0.1) is 17.6 Å². The van der Waals surface area contributed by atoms with E-state index >= 15 is 4.39 Å². The van der Waals surface area contributed by atoms with E-state index in [0.717, 1.165) is 5.56 Å². The van der Waals surface area contributed by atoms with Gasteiger partial charge in [0.15, 0.2) is 11.6 Å². The van der Waals surface area contributed by atoms with Crippen LogP contribution in [0.25, 0.3) is 0 Å². The summed E-state index contributed by atoms with van der Waals surface area (Å²) in [6, 6.07) is 16.1. The maximum Gasteiger partial charge on any atom is 0.269 e. The largest absolute Gasteiger partial charge is 0.366 e. The summed E-state index contributed by atoms with van der Waals surface area (Å²) in [5, 5.41) is 7.58. The minimum absolute atomic E-state index is 0.0137. The number of carbonyl (C=O) groups excluding carboxylic acids is 2. The number of hydrogen-bond donors (Lipinski definition) is 3. The van der Waals surface area contributed by atoms with Crippen LogP contribution in [0.1, 0.15) is 30.9 Å². The van der Waals surface area contributed by atoms with E-state index in [-0.39, 0.29) is 25.9 Å². The molecule has 208 valence electrons. The Morgan fingerprint density at radius 1 is 1.05 bits per heavy atom. The van der Waals surface area contributed by atoms with Crippen LogP contribution in [-0.2, 0) is 9.59 Å². The van der Waals surface area contributed by atoms with Crippen molar-refractivity contribution in [3.8, 4) is 0 Å². The number of aliphatic imine (C=N–C) groups is 1. The molecule has 2 aliphatic heterocycles. The smallest absolute Gasteiger partial charge is 0.269 e. The number of piperidine rings is 1. The molecule has 12 heteroatoms. The van der Waals surface area contributed by atoms with E-state index in [2.05, 4.69) is 25.9 Å². The molecule has 0 spiro atoms. The number of carbonyl (C=O) groups is 2. The first-order chi connectivity index (χ1) is 19.1. The van der Waals surface area contributed by atoms with Crippen LogP contribution < -0.4 is 20.9 Å². The van der Waals surface area contributed by atoms with E-state index in [1.807, 2.05) is 30.3 Å². The number of hydrogen-bond acceptors (Lipinski definition) is 6. The number of nitrogens with one attached hydrogen (secondary N) is 3. The second kappa shape index (κ2) is 10.9. The highest BCUT2D eigenvalue weighted by Crippen LogP contribution is 2.34. The van der Waals surface area contributed by atoms with Crippen molar-refractivity contribution >= 4 is 34.7 Å². The van der Waals surface area contributed by atoms with Crippen molar-refractivity contribution < 1.29 is 27.2 Å². The van der Waals surface area contributed by atoms with Crippen LogP contribution >= 0.6 is 0 Å². The number of nitrogens with zero attached hydrogens (tertiary/aromatic N) is 3. The fraction of sp³-hybridized carbons (Fsp3) is 0.286. The summed E-state index contributed by atoms with van der Waals surface area (Å²) in [5.74, 6) is -6.33. The average molecular weight is 555 g/mol. The second-order valence-electron chi connectivity index (χ2n) is 9.83. The number of alkyl halides is 1. The van der Waals surface area contributed by atoms with E-state index in [1.165, 1.54) is 11.8 Å². The number of benzodiazepines with no additional fused rings is 1. The summed E-state index contributed by atoms with van der Waals surface area (Å²) in [4.78, 5) is 34.7.